The summed E-state index contributed by atoms with van der Waals surface area (Å²) < 4.78 is 1.07. The van der Waals surface area contributed by atoms with E-state index in [2.05, 4.69) is 45.6 Å². The van der Waals surface area contributed by atoms with E-state index >= 15 is 0 Å². The van der Waals surface area contributed by atoms with Crippen LogP contribution in [0.2, 0.25) is 0 Å². The number of benzene rings is 1. The van der Waals surface area contributed by atoms with Gasteiger partial charge in [-0.15, -0.1) is 0 Å². The molecule has 0 aliphatic heterocycles. The first-order valence-electron chi connectivity index (χ1n) is 6.92. The SMILES string of the molecule is CCC(NC(C)C(=O)NC1CC1)c1cccc(Br)c1. The maximum atomic E-state index is 12.0. The van der Waals surface area contributed by atoms with Crippen LogP contribution >= 0.6 is 15.9 Å². The predicted octanol–water partition coefficient (Wildman–Crippen LogP) is 3.16. The van der Waals surface area contributed by atoms with E-state index in [1.165, 1.54) is 5.56 Å². The molecular weight excluding hydrogens is 304 g/mol. The van der Waals surface area contributed by atoms with Gasteiger partial charge in [0.15, 0.2) is 0 Å². The Bertz CT molecular complexity index is 446. The van der Waals surface area contributed by atoms with Crippen LogP contribution in [0.1, 0.15) is 44.7 Å². The second kappa shape index (κ2) is 6.53. The summed E-state index contributed by atoms with van der Waals surface area (Å²) >= 11 is 3.49. The maximum Gasteiger partial charge on any atom is 0.237 e. The van der Waals surface area contributed by atoms with E-state index in [0.717, 1.165) is 23.7 Å². The lowest BCUT2D eigenvalue weighted by molar-refractivity contribution is -0.123. The molecule has 2 N–H and O–H groups in total. The van der Waals surface area contributed by atoms with Gasteiger partial charge in [-0.05, 0) is 43.9 Å². The molecule has 1 saturated carbocycles. The molecule has 4 heteroatoms. The Morgan fingerprint density at radius 1 is 1.47 bits per heavy atom. The third-order valence-corrected chi connectivity index (χ3v) is 3.92. The van der Waals surface area contributed by atoms with Gasteiger partial charge in [0.25, 0.3) is 0 Å². The van der Waals surface area contributed by atoms with E-state index in [4.69, 9.17) is 0 Å². The third-order valence-electron chi connectivity index (χ3n) is 3.43. The molecule has 0 spiro atoms. The number of carbonyl (C=O) groups is 1. The highest BCUT2D eigenvalue weighted by Gasteiger charge is 2.26. The van der Waals surface area contributed by atoms with Crippen LogP contribution in [0, 0.1) is 0 Å². The lowest BCUT2D eigenvalue weighted by atomic mass is 10.0. The minimum atomic E-state index is -0.162. The Labute approximate surface area is 123 Å². The van der Waals surface area contributed by atoms with Gasteiger partial charge < -0.3 is 5.32 Å². The van der Waals surface area contributed by atoms with Gasteiger partial charge in [-0.3, -0.25) is 10.1 Å². The van der Waals surface area contributed by atoms with Crippen LogP contribution in [-0.2, 0) is 4.79 Å². The van der Waals surface area contributed by atoms with Crippen LogP contribution in [-0.4, -0.2) is 18.0 Å². The molecule has 19 heavy (non-hydrogen) atoms. The largest absolute Gasteiger partial charge is 0.352 e. The van der Waals surface area contributed by atoms with Crippen molar-refractivity contribution in [3.05, 3.63) is 34.3 Å². The van der Waals surface area contributed by atoms with Gasteiger partial charge in [0.1, 0.15) is 0 Å². The lowest BCUT2D eigenvalue weighted by Gasteiger charge is -2.22. The highest BCUT2D eigenvalue weighted by molar-refractivity contribution is 9.10. The van der Waals surface area contributed by atoms with Crippen LogP contribution < -0.4 is 10.6 Å². The van der Waals surface area contributed by atoms with Gasteiger partial charge in [-0.2, -0.15) is 0 Å². The van der Waals surface area contributed by atoms with Crippen LogP contribution in [0.5, 0.6) is 0 Å². The van der Waals surface area contributed by atoms with Crippen molar-refractivity contribution < 1.29 is 4.79 Å². The summed E-state index contributed by atoms with van der Waals surface area (Å²) in [7, 11) is 0. The topological polar surface area (TPSA) is 41.1 Å². The van der Waals surface area contributed by atoms with Crippen LogP contribution in [0.25, 0.3) is 0 Å². The van der Waals surface area contributed by atoms with E-state index in [1.54, 1.807) is 0 Å². The molecule has 0 heterocycles. The van der Waals surface area contributed by atoms with Gasteiger partial charge in [0.05, 0.1) is 6.04 Å². The number of nitrogens with one attached hydrogen (secondary N) is 2. The third kappa shape index (κ3) is 4.32. The molecule has 2 rings (SSSR count). The summed E-state index contributed by atoms with van der Waals surface area (Å²) in [6, 6.07) is 8.70. The fraction of sp³-hybridized carbons (Fsp3) is 0.533. The number of halogens is 1. The van der Waals surface area contributed by atoms with Gasteiger partial charge in [-0.25, -0.2) is 0 Å². The van der Waals surface area contributed by atoms with E-state index in [0.29, 0.717) is 6.04 Å². The minimum absolute atomic E-state index is 0.107. The van der Waals surface area contributed by atoms with Crippen molar-refractivity contribution in [3.8, 4) is 0 Å². The molecule has 1 aliphatic rings. The molecule has 104 valence electrons. The Morgan fingerprint density at radius 2 is 2.21 bits per heavy atom. The zero-order chi connectivity index (χ0) is 13.8. The number of hydrogen-bond acceptors (Lipinski definition) is 2. The molecule has 2 atom stereocenters. The quantitative estimate of drug-likeness (QED) is 0.843. The first-order chi connectivity index (χ1) is 9.10. The van der Waals surface area contributed by atoms with Crippen LogP contribution in [0.4, 0.5) is 0 Å². The fourth-order valence-corrected chi connectivity index (χ4v) is 2.52. The Morgan fingerprint density at radius 3 is 2.79 bits per heavy atom. The zero-order valence-corrected chi connectivity index (χ0v) is 13.0. The first-order valence-corrected chi connectivity index (χ1v) is 7.71. The smallest absolute Gasteiger partial charge is 0.237 e. The number of amides is 1. The normalized spacial score (nSPS) is 17.8. The Hall–Kier alpha value is -0.870. The van der Waals surface area contributed by atoms with Gasteiger partial charge in [0, 0.05) is 16.6 Å². The van der Waals surface area contributed by atoms with Gasteiger partial charge >= 0.3 is 0 Å². The molecule has 1 aliphatic carbocycles. The van der Waals surface area contributed by atoms with Gasteiger partial charge in [-0.1, -0.05) is 35.0 Å². The van der Waals surface area contributed by atoms with E-state index in [9.17, 15) is 4.79 Å². The Kier molecular flexibility index (Phi) is 4.99. The number of hydrogen-bond donors (Lipinski definition) is 2. The summed E-state index contributed by atoms with van der Waals surface area (Å²) in [5, 5.41) is 6.45. The van der Waals surface area contributed by atoms with Crippen molar-refractivity contribution in [2.75, 3.05) is 0 Å². The average Bonchev–Trinajstić information content (AvgIpc) is 3.19. The van der Waals surface area contributed by atoms with Crippen LogP contribution in [0.3, 0.4) is 0 Å². The molecule has 1 aromatic carbocycles. The second-order valence-electron chi connectivity index (χ2n) is 5.19. The molecule has 0 aromatic heterocycles. The monoisotopic (exact) mass is 324 g/mol. The summed E-state index contributed by atoms with van der Waals surface area (Å²) in [4.78, 5) is 12.0. The number of carbonyl (C=O) groups excluding carboxylic acids is 1. The van der Waals surface area contributed by atoms with Crippen molar-refractivity contribution in [1.29, 1.82) is 0 Å². The second-order valence-corrected chi connectivity index (χ2v) is 6.10. The van der Waals surface area contributed by atoms with Crippen molar-refractivity contribution in [2.45, 2.75) is 51.2 Å². The molecule has 0 bridgehead atoms. The predicted molar refractivity (Wildman–Crippen MR) is 80.9 cm³/mol. The lowest BCUT2D eigenvalue weighted by Crippen LogP contribution is -2.44. The molecule has 1 fully saturated rings. The van der Waals surface area contributed by atoms with E-state index < -0.39 is 0 Å². The average molecular weight is 325 g/mol. The number of rotatable bonds is 6. The summed E-state index contributed by atoms with van der Waals surface area (Å²) in [6.45, 7) is 4.06. The maximum absolute atomic E-state index is 12.0. The Balaban J connectivity index is 1.95. The molecular formula is C15H21BrN2O. The molecule has 0 saturated heterocycles. The van der Waals surface area contributed by atoms with Gasteiger partial charge in [0.2, 0.25) is 5.91 Å². The van der Waals surface area contributed by atoms with E-state index in [-0.39, 0.29) is 18.0 Å². The zero-order valence-electron chi connectivity index (χ0n) is 11.4. The van der Waals surface area contributed by atoms with Crippen molar-refractivity contribution in [3.63, 3.8) is 0 Å². The summed E-state index contributed by atoms with van der Waals surface area (Å²) in [5.74, 6) is 0.107. The standard InChI is InChI=1S/C15H21BrN2O/c1-3-14(11-5-4-6-12(16)9-11)17-10(2)15(19)18-13-7-8-13/h4-6,9-10,13-14,17H,3,7-8H2,1-2H3,(H,18,19). The minimum Gasteiger partial charge on any atom is -0.352 e. The molecule has 3 nitrogen and oxygen atoms in total. The fourth-order valence-electron chi connectivity index (χ4n) is 2.10. The highest BCUT2D eigenvalue weighted by atomic mass is 79.9. The van der Waals surface area contributed by atoms with Crippen molar-refractivity contribution >= 4 is 21.8 Å². The molecule has 1 amide bonds. The molecule has 2 unspecified atom stereocenters. The van der Waals surface area contributed by atoms with Crippen molar-refractivity contribution in [2.24, 2.45) is 0 Å². The van der Waals surface area contributed by atoms with Crippen molar-refractivity contribution in [1.82, 2.24) is 10.6 Å². The molecule has 0 radical (unpaired) electrons. The van der Waals surface area contributed by atoms with E-state index in [1.807, 2.05) is 19.1 Å². The summed E-state index contributed by atoms with van der Waals surface area (Å²) in [6.07, 6.45) is 3.21. The first kappa shape index (κ1) is 14.5. The highest BCUT2D eigenvalue weighted by Crippen LogP contribution is 2.22. The summed E-state index contributed by atoms with van der Waals surface area (Å²) in [5.41, 5.74) is 1.21. The molecule has 1 aromatic rings. The van der Waals surface area contributed by atoms with Crippen LogP contribution in [0.15, 0.2) is 28.7 Å².